The number of benzene rings is 1. The zero-order chi connectivity index (χ0) is 12.7. The summed E-state index contributed by atoms with van der Waals surface area (Å²) in [6, 6.07) is 4.33. The number of halogens is 2. The van der Waals surface area contributed by atoms with E-state index in [0.29, 0.717) is 18.4 Å². The predicted octanol–water partition coefficient (Wildman–Crippen LogP) is 2.90. The second-order valence-corrected chi connectivity index (χ2v) is 3.80. The molecule has 0 aliphatic heterocycles. The Hall–Kier alpha value is -1.40. The highest BCUT2D eigenvalue weighted by Crippen LogP contribution is 2.14. The summed E-state index contributed by atoms with van der Waals surface area (Å²) in [4.78, 5) is 0. The van der Waals surface area contributed by atoms with E-state index >= 15 is 0 Å². The minimum absolute atomic E-state index is 0.0590. The first-order valence-corrected chi connectivity index (χ1v) is 5.74. The smallest absolute Gasteiger partial charge is 0.162 e. The SMILES string of the molecule is CC#CCC(Cc1cccc(F)c1F)NCC. The summed E-state index contributed by atoms with van der Waals surface area (Å²) in [6.45, 7) is 4.53. The standard InChI is InChI=1S/C14H17F2N/c1-3-5-8-12(17-4-2)10-11-7-6-9-13(15)14(11)16/h6-7,9,12,17H,4,8,10H2,1-2H3. The van der Waals surface area contributed by atoms with Crippen molar-refractivity contribution in [1.29, 1.82) is 0 Å². The fraction of sp³-hybridized carbons (Fsp3) is 0.429. The summed E-state index contributed by atoms with van der Waals surface area (Å²) in [5.41, 5.74) is 0.397. The molecule has 0 aliphatic carbocycles. The van der Waals surface area contributed by atoms with Crippen LogP contribution in [0.2, 0.25) is 0 Å². The van der Waals surface area contributed by atoms with Crippen LogP contribution in [0.1, 0.15) is 25.8 Å². The summed E-state index contributed by atoms with van der Waals surface area (Å²) < 4.78 is 26.5. The van der Waals surface area contributed by atoms with Crippen LogP contribution in [-0.4, -0.2) is 12.6 Å². The van der Waals surface area contributed by atoms with Crippen molar-refractivity contribution in [3.05, 3.63) is 35.4 Å². The molecular formula is C14H17F2N. The van der Waals surface area contributed by atoms with Crippen molar-refractivity contribution in [2.24, 2.45) is 0 Å². The molecule has 1 aromatic carbocycles. The third-order valence-corrected chi connectivity index (χ3v) is 2.52. The molecular weight excluding hydrogens is 220 g/mol. The van der Waals surface area contributed by atoms with Gasteiger partial charge in [-0.25, -0.2) is 8.78 Å². The first-order chi connectivity index (χ1) is 8.19. The molecule has 0 amide bonds. The summed E-state index contributed by atoms with van der Waals surface area (Å²) in [5.74, 6) is 4.23. The lowest BCUT2D eigenvalue weighted by molar-refractivity contribution is 0.478. The van der Waals surface area contributed by atoms with E-state index < -0.39 is 11.6 Å². The highest BCUT2D eigenvalue weighted by atomic mass is 19.2. The Morgan fingerprint density at radius 2 is 2.12 bits per heavy atom. The molecule has 1 unspecified atom stereocenters. The van der Waals surface area contributed by atoms with Crippen molar-refractivity contribution in [3.8, 4) is 11.8 Å². The van der Waals surface area contributed by atoms with Crippen LogP contribution >= 0.6 is 0 Å². The molecule has 0 radical (unpaired) electrons. The summed E-state index contributed by atoms with van der Waals surface area (Å²) >= 11 is 0. The molecule has 0 heterocycles. The number of rotatable bonds is 5. The number of nitrogens with one attached hydrogen (secondary N) is 1. The van der Waals surface area contributed by atoms with Crippen LogP contribution in [-0.2, 0) is 6.42 Å². The largest absolute Gasteiger partial charge is 0.313 e. The molecule has 0 spiro atoms. The van der Waals surface area contributed by atoms with Crippen LogP contribution in [0.15, 0.2) is 18.2 Å². The van der Waals surface area contributed by atoms with E-state index in [4.69, 9.17) is 0 Å². The average molecular weight is 237 g/mol. The van der Waals surface area contributed by atoms with Gasteiger partial charge in [-0.3, -0.25) is 0 Å². The molecule has 1 rings (SSSR count). The molecule has 0 saturated heterocycles. The van der Waals surface area contributed by atoms with Gasteiger partial charge in [0.25, 0.3) is 0 Å². The molecule has 0 bridgehead atoms. The molecule has 1 N–H and O–H groups in total. The normalized spacial score (nSPS) is 11.8. The Morgan fingerprint density at radius 1 is 1.35 bits per heavy atom. The van der Waals surface area contributed by atoms with E-state index in [1.54, 1.807) is 13.0 Å². The molecule has 1 aromatic rings. The zero-order valence-electron chi connectivity index (χ0n) is 10.2. The van der Waals surface area contributed by atoms with E-state index in [9.17, 15) is 8.78 Å². The fourth-order valence-electron chi connectivity index (χ4n) is 1.70. The summed E-state index contributed by atoms with van der Waals surface area (Å²) in [7, 11) is 0. The van der Waals surface area contributed by atoms with E-state index in [0.717, 1.165) is 12.6 Å². The topological polar surface area (TPSA) is 12.0 Å². The van der Waals surface area contributed by atoms with Gasteiger partial charge in [0.05, 0.1) is 0 Å². The van der Waals surface area contributed by atoms with Crippen LogP contribution in [0.4, 0.5) is 8.78 Å². The van der Waals surface area contributed by atoms with Crippen LogP contribution in [0, 0.1) is 23.5 Å². The molecule has 1 atom stereocenters. The van der Waals surface area contributed by atoms with Crippen molar-refractivity contribution >= 4 is 0 Å². The van der Waals surface area contributed by atoms with Crippen LogP contribution < -0.4 is 5.32 Å². The maximum absolute atomic E-state index is 13.5. The van der Waals surface area contributed by atoms with Gasteiger partial charge in [0, 0.05) is 12.5 Å². The zero-order valence-corrected chi connectivity index (χ0v) is 10.2. The van der Waals surface area contributed by atoms with Gasteiger partial charge in [-0.05, 0) is 31.5 Å². The predicted molar refractivity (Wildman–Crippen MR) is 65.6 cm³/mol. The van der Waals surface area contributed by atoms with E-state index in [1.807, 2.05) is 6.92 Å². The first-order valence-electron chi connectivity index (χ1n) is 5.74. The van der Waals surface area contributed by atoms with Gasteiger partial charge in [0.15, 0.2) is 11.6 Å². The second-order valence-electron chi connectivity index (χ2n) is 3.80. The maximum Gasteiger partial charge on any atom is 0.162 e. The second kappa shape index (κ2) is 7.03. The van der Waals surface area contributed by atoms with Gasteiger partial charge >= 0.3 is 0 Å². The Labute approximate surface area is 101 Å². The average Bonchev–Trinajstić information content (AvgIpc) is 2.32. The number of hydrogen-bond acceptors (Lipinski definition) is 1. The minimum atomic E-state index is -0.792. The van der Waals surface area contributed by atoms with Crippen LogP contribution in [0.3, 0.4) is 0 Å². The van der Waals surface area contributed by atoms with Crippen molar-refractivity contribution in [1.82, 2.24) is 5.32 Å². The van der Waals surface area contributed by atoms with Crippen LogP contribution in [0.25, 0.3) is 0 Å². The molecule has 0 saturated carbocycles. The van der Waals surface area contributed by atoms with E-state index in [-0.39, 0.29) is 6.04 Å². The Balaban J connectivity index is 2.76. The fourth-order valence-corrected chi connectivity index (χ4v) is 1.70. The lowest BCUT2D eigenvalue weighted by Gasteiger charge is -2.15. The highest BCUT2D eigenvalue weighted by molar-refractivity contribution is 5.20. The summed E-state index contributed by atoms with van der Waals surface area (Å²) in [6.07, 6.45) is 1.09. The van der Waals surface area contributed by atoms with Gasteiger partial charge in [-0.2, -0.15) is 0 Å². The third-order valence-electron chi connectivity index (χ3n) is 2.52. The lowest BCUT2D eigenvalue weighted by atomic mass is 10.0. The Bertz CT molecular complexity index is 418. The van der Waals surface area contributed by atoms with Gasteiger partial charge in [0.2, 0.25) is 0 Å². The summed E-state index contributed by atoms with van der Waals surface area (Å²) in [5, 5.41) is 3.22. The Kier molecular flexibility index (Phi) is 5.65. The maximum atomic E-state index is 13.5. The molecule has 1 nitrogen and oxygen atoms in total. The quantitative estimate of drug-likeness (QED) is 0.776. The van der Waals surface area contributed by atoms with Gasteiger partial charge in [-0.1, -0.05) is 19.1 Å². The molecule has 92 valence electrons. The number of likely N-dealkylation sites (N-methyl/N-ethyl adjacent to an activating group) is 1. The van der Waals surface area contributed by atoms with E-state index in [2.05, 4.69) is 17.2 Å². The molecule has 17 heavy (non-hydrogen) atoms. The highest BCUT2D eigenvalue weighted by Gasteiger charge is 2.12. The van der Waals surface area contributed by atoms with Gasteiger partial charge in [-0.15, -0.1) is 11.8 Å². The molecule has 0 aliphatic rings. The minimum Gasteiger partial charge on any atom is -0.313 e. The van der Waals surface area contributed by atoms with Gasteiger partial charge < -0.3 is 5.32 Å². The van der Waals surface area contributed by atoms with Crippen molar-refractivity contribution in [2.75, 3.05) is 6.54 Å². The van der Waals surface area contributed by atoms with E-state index in [1.165, 1.54) is 6.07 Å². The lowest BCUT2D eigenvalue weighted by Crippen LogP contribution is -2.31. The molecule has 0 fully saturated rings. The monoisotopic (exact) mass is 237 g/mol. The molecule has 0 aromatic heterocycles. The van der Waals surface area contributed by atoms with Crippen LogP contribution in [0.5, 0.6) is 0 Å². The Morgan fingerprint density at radius 3 is 2.76 bits per heavy atom. The molecule has 3 heteroatoms. The first kappa shape index (κ1) is 13.7. The van der Waals surface area contributed by atoms with Crippen molar-refractivity contribution < 1.29 is 8.78 Å². The number of hydrogen-bond donors (Lipinski definition) is 1. The van der Waals surface area contributed by atoms with Gasteiger partial charge in [0.1, 0.15) is 0 Å². The van der Waals surface area contributed by atoms with Crippen molar-refractivity contribution in [3.63, 3.8) is 0 Å². The van der Waals surface area contributed by atoms with Crippen molar-refractivity contribution in [2.45, 2.75) is 32.7 Å². The third kappa shape index (κ3) is 4.16.